The molecule has 0 aliphatic carbocycles. The highest BCUT2D eigenvalue weighted by Crippen LogP contribution is 2.45. The van der Waals surface area contributed by atoms with Crippen LogP contribution in [0, 0.1) is 0 Å². The lowest BCUT2D eigenvalue weighted by Crippen LogP contribution is -2.29. The van der Waals surface area contributed by atoms with Gasteiger partial charge >= 0.3 is 0 Å². The molecule has 7 heteroatoms. The quantitative estimate of drug-likeness (QED) is 0.306. The van der Waals surface area contributed by atoms with Crippen LogP contribution in [0.25, 0.3) is 5.76 Å². The first-order valence-corrected chi connectivity index (χ1v) is 11.2. The van der Waals surface area contributed by atoms with Crippen molar-refractivity contribution in [2.24, 2.45) is 0 Å². The van der Waals surface area contributed by atoms with Gasteiger partial charge in [-0.3, -0.25) is 14.5 Å². The second-order valence-electron chi connectivity index (χ2n) is 7.23. The Hall–Kier alpha value is -3.58. The molecule has 1 aliphatic rings. The van der Waals surface area contributed by atoms with Gasteiger partial charge in [0, 0.05) is 10.4 Å². The van der Waals surface area contributed by atoms with E-state index in [9.17, 15) is 14.7 Å². The van der Waals surface area contributed by atoms with Crippen molar-refractivity contribution in [3.63, 3.8) is 0 Å². The molecular weight excluding hydrogens is 426 g/mol. The average Bonchev–Trinajstić information content (AvgIpc) is 3.44. The smallest absolute Gasteiger partial charge is 0.300 e. The molecule has 0 spiro atoms. The number of para-hydroxylation sites is 2. The highest BCUT2D eigenvalue weighted by atomic mass is 32.1. The van der Waals surface area contributed by atoms with E-state index in [4.69, 9.17) is 9.47 Å². The predicted octanol–water partition coefficient (Wildman–Crippen LogP) is 5.17. The minimum absolute atomic E-state index is 0.0468. The maximum Gasteiger partial charge on any atom is 0.300 e. The van der Waals surface area contributed by atoms with E-state index < -0.39 is 17.7 Å². The normalized spacial score (nSPS) is 17.6. The number of Topliss-reactive ketones (excluding diaryl/α,β-unsaturated/α-hetero) is 1. The lowest BCUT2D eigenvalue weighted by molar-refractivity contribution is -0.132. The Labute approximate surface area is 190 Å². The number of aliphatic hydroxyl groups excluding tert-OH is 1. The maximum absolute atomic E-state index is 13.2. The van der Waals surface area contributed by atoms with Gasteiger partial charge in [-0.05, 0) is 54.3 Å². The fraction of sp³-hybridized carbons (Fsp3) is 0.200. The SMILES string of the molecule is CCCOc1ccc(/C(O)=C2/C(=O)C(=O)N(c3ccccc3OC)C2c2cccs2)cc1. The van der Waals surface area contributed by atoms with E-state index in [-0.39, 0.29) is 11.3 Å². The highest BCUT2D eigenvalue weighted by Gasteiger charge is 2.48. The van der Waals surface area contributed by atoms with Crippen LogP contribution in [-0.4, -0.2) is 30.5 Å². The zero-order valence-electron chi connectivity index (χ0n) is 17.8. The molecule has 32 heavy (non-hydrogen) atoms. The zero-order valence-corrected chi connectivity index (χ0v) is 18.6. The number of thiophene rings is 1. The van der Waals surface area contributed by atoms with Crippen molar-refractivity contribution in [3.05, 3.63) is 82.1 Å². The zero-order chi connectivity index (χ0) is 22.7. The third kappa shape index (κ3) is 3.87. The fourth-order valence-corrected chi connectivity index (χ4v) is 4.53. The van der Waals surface area contributed by atoms with E-state index in [1.807, 2.05) is 24.4 Å². The Bertz CT molecular complexity index is 1150. The fourth-order valence-electron chi connectivity index (χ4n) is 3.71. The van der Waals surface area contributed by atoms with Crippen molar-refractivity contribution in [2.75, 3.05) is 18.6 Å². The van der Waals surface area contributed by atoms with Gasteiger partial charge in [-0.15, -0.1) is 11.3 Å². The van der Waals surface area contributed by atoms with Crippen molar-refractivity contribution in [2.45, 2.75) is 19.4 Å². The second-order valence-corrected chi connectivity index (χ2v) is 8.21. The molecule has 0 bridgehead atoms. The summed E-state index contributed by atoms with van der Waals surface area (Å²) in [5.41, 5.74) is 0.955. The maximum atomic E-state index is 13.2. The number of aliphatic hydroxyl groups is 1. The number of amides is 1. The Morgan fingerprint density at radius 3 is 2.47 bits per heavy atom. The predicted molar refractivity (Wildman–Crippen MR) is 124 cm³/mol. The molecular formula is C25H23NO5S. The van der Waals surface area contributed by atoms with Crippen molar-refractivity contribution in [1.29, 1.82) is 0 Å². The van der Waals surface area contributed by atoms with E-state index in [0.29, 0.717) is 29.4 Å². The number of anilines is 1. The van der Waals surface area contributed by atoms with Crippen LogP contribution in [0.5, 0.6) is 11.5 Å². The van der Waals surface area contributed by atoms with Crippen LogP contribution in [0.15, 0.2) is 71.6 Å². The number of hydrogen-bond acceptors (Lipinski definition) is 6. The van der Waals surface area contributed by atoms with Gasteiger partial charge in [0.1, 0.15) is 23.3 Å². The van der Waals surface area contributed by atoms with Crippen molar-refractivity contribution in [3.8, 4) is 11.5 Å². The second kappa shape index (κ2) is 9.28. The van der Waals surface area contributed by atoms with Gasteiger partial charge in [0.25, 0.3) is 11.7 Å². The Morgan fingerprint density at radius 1 is 1.06 bits per heavy atom. The number of ketones is 1. The summed E-state index contributed by atoms with van der Waals surface area (Å²) in [7, 11) is 1.51. The Kier molecular flexibility index (Phi) is 6.28. The summed E-state index contributed by atoms with van der Waals surface area (Å²) in [6, 6.07) is 16.8. The molecule has 4 rings (SSSR count). The summed E-state index contributed by atoms with van der Waals surface area (Å²) in [6.45, 7) is 2.61. The lowest BCUT2D eigenvalue weighted by Gasteiger charge is -2.25. The minimum Gasteiger partial charge on any atom is -0.507 e. The van der Waals surface area contributed by atoms with Gasteiger partial charge < -0.3 is 14.6 Å². The average molecular weight is 450 g/mol. The van der Waals surface area contributed by atoms with E-state index in [1.54, 1.807) is 48.5 Å². The first kappa shape index (κ1) is 21.6. The number of benzene rings is 2. The molecule has 1 aliphatic heterocycles. The first-order valence-electron chi connectivity index (χ1n) is 10.3. The summed E-state index contributed by atoms with van der Waals surface area (Å²) < 4.78 is 11.0. The molecule has 1 unspecified atom stereocenters. The van der Waals surface area contributed by atoms with Crippen molar-refractivity contribution >= 4 is 34.5 Å². The number of ether oxygens (including phenoxy) is 2. The Morgan fingerprint density at radius 2 is 1.81 bits per heavy atom. The molecule has 1 amide bonds. The van der Waals surface area contributed by atoms with Crippen molar-refractivity contribution < 1.29 is 24.2 Å². The standard InChI is InChI=1S/C25H23NO5S/c1-3-14-31-17-12-10-16(11-13-17)23(27)21-22(20-9-6-15-32-20)26(25(29)24(21)28)18-7-4-5-8-19(18)30-2/h4-13,15,22,27H,3,14H2,1-2H3/b23-21-. The van der Waals surface area contributed by atoms with Gasteiger partial charge in [0.05, 0.1) is 25.0 Å². The van der Waals surface area contributed by atoms with E-state index >= 15 is 0 Å². The topological polar surface area (TPSA) is 76.1 Å². The third-order valence-corrected chi connectivity index (χ3v) is 6.13. The van der Waals surface area contributed by atoms with Gasteiger partial charge in [0.15, 0.2) is 0 Å². The summed E-state index contributed by atoms with van der Waals surface area (Å²) in [5.74, 6) is -0.530. The molecule has 2 heterocycles. The number of hydrogen-bond donors (Lipinski definition) is 1. The minimum atomic E-state index is -0.762. The number of methoxy groups -OCH3 is 1. The number of nitrogens with zero attached hydrogens (tertiary/aromatic N) is 1. The van der Waals surface area contributed by atoms with E-state index in [0.717, 1.165) is 11.3 Å². The highest BCUT2D eigenvalue weighted by molar-refractivity contribution is 7.10. The molecule has 1 saturated heterocycles. The molecule has 2 aromatic carbocycles. The first-order chi connectivity index (χ1) is 15.6. The Balaban J connectivity index is 1.83. The molecule has 1 aromatic heterocycles. The number of carbonyl (C=O) groups excluding carboxylic acids is 2. The van der Waals surface area contributed by atoms with Crippen LogP contribution in [0.3, 0.4) is 0 Å². The monoisotopic (exact) mass is 449 g/mol. The van der Waals surface area contributed by atoms with Crippen LogP contribution in [0.2, 0.25) is 0 Å². The van der Waals surface area contributed by atoms with Crippen LogP contribution < -0.4 is 14.4 Å². The molecule has 1 fully saturated rings. The summed E-state index contributed by atoms with van der Waals surface area (Å²) in [4.78, 5) is 28.5. The molecule has 1 N–H and O–H groups in total. The van der Waals surface area contributed by atoms with Crippen LogP contribution in [-0.2, 0) is 9.59 Å². The van der Waals surface area contributed by atoms with Crippen LogP contribution in [0.4, 0.5) is 5.69 Å². The number of rotatable bonds is 7. The molecule has 164 valence electrons. The molecule has 1 atom stereocenters. The summed E-state index contributed by atoms with van der Waals surface area (Å²) in [5, 5.41) is 13.0. The molecule has 0 saturated carbocycles. The van der Waals surface area contributed by atoms with Gasteiger partial charge in [-0.2, -0.15) is 0 Å². The van der Waals surface area contributed by atoms with Crippen LogP contribution in [0.1, 0.15) is 29.8 Å². The molecule has 6 nitrogen and oxygen atoms in total. The van der Waals surface area contributed by atoms with Gasteiger partial charge in [-0.25, -0.2) is 0 Å². The van der Waals surface area contributed by atoms with Gasteiger partial charge in [-0.1, -0.05) is 25.1 Å². The van der Waals surface area contributed by atoms with Crippen LogP contribution >= 0.6 is 11.3 Å². The third-order valence-electron chi connectivity index (χ3n) is 5.20. The number of carbonyl (C=O) groups is 2. The van der Waals surface area contributed by atoms with Crippen molar-refractivity contribution in [1.82, 2.24) is 0 Å². The lowest BCUT2D eigenvalue weighted by atomic mass is 9.99. The largest absolute Gasteiger partial charge is 0.507 e. The summed E-state index contributed by atoms with van der Waals surface area (Å²) >= 11 is 1.41. The molecule has 0 radical (unpaired) electrons. The molecule has 3 aromatic rings. The van der Waals surface area contributed by atoms with Gasteiger partial charge in [0.2, 0.25) is 0 Å². The van der Waals surface area contributed by atoms with E-state index in [1.165, 1.54) is 23.3 Å². The van der Waals surface area contributed by atoms with E-state index in [2.05, 4.69) is 0 Å². The summed E-state index contributed by atoms with van der Waals surface area (Å²) in [6.07, 6.45) is 0.884.